The van der Waals surface area contributed by atoms with Gasteiger partial charge in [0.2, 0.25) is 0 Å². The molecule has 1 N–H and O–H groups in total. The molecule has 0 unspecified atom stereocenters. The Balaban J connectivity index is 0.000000204. The fraction of sp³-hybridized carbons (Fsp3) is 0.680. The SMILES string of the molecule is COc1ccc(C(=O)O)c(C)c1O[Si](C)(C)C(C)(C)C.O=C1C2CC3CC(C2)CC1C3. The molecule has 0 amide bonds. The molecule has 0 heterocycles. The maximum atomic E-state index is 11.6. The summed E-state index contributed by atoms with van der Waals surface area (Å²) < 4.78 is 11.6. The lowest BCUT2D eigenvalue weighted by molar-refractivity contribution is -0.139. The van der Waals surface area contributed by atoms with E-state index >= 15 is 0 Å². The minimum atomic E-state index is -2.06. The second kappa shape index (κ2) is 8.61. The largest absolute Gasteiger partial charge is 0.541 e. The second-order valence-corrected chi connectivity index (χ2v) is 15.9. The van der Waals surface area contributed by atoms with E-state index in [0.717, 1.165) is 11.8 Å². The van der Waals surface area contributed by atoms with Crippen LogP contribution in [0.5, 0.6) is 11.5 Å². The Hall–Kier alpha value is -1.82. The quantitative estimate of drug-likeness (QED) is 0.566. The van der Waals surface area contributed by atoms with E-state index in [9.17, 15) is 14.7 Å². The van der Waals surface area contributed by atoms with Crippen LogP contribution in [0.1, 0.15) is 68.8 Å². The summed E-state index contributed by atoms with van der Waals surface area (Å²) in [5, 5.41) is 9.26. The summed E-state index contributed by atoms with van der Waals surface area (Å²) in [4.78, 5) is 22.8. The van der Waals surface area contributed by atoms with Crippen molar-refractivity contribution < 1.29 is 23.9 Å². The first-order chi connectivity index (χ1) is 14.3. The summed E-state index contributed by atoms with van der Waals surface area (Å²) in [7, 11) is -0.492. The van der Waals surface area contributed by atoms with Gasteiger partial charge in [0.1, 0.15) is 11.5 Å². The van der Waals surface area contributed by atoms with E-state index in [-0.39, 0.29) is 10.6 Å². The summed E-state index contributed by atoms with van der Waals surface area (Å²) in [5.41, 5.74) is 0.862. The lowest BCUT2D eigenvalue weighted by atomic mass is 9.56. The highest BCUT2D eigenvalue weighted by molar-refractivity contribution is 6.74. The van der Waals surface area contributed by atoms with E-state index in [4.69, 9.17) is 9.16 Å². The topological polar surface area (TPSA) is 72.8 Å². The third-order valence-electron chi connectivity index (χ3n) is 7.93. The van der Waals surface area contributed by atoms with E-state index in [1.54, 1.807) is 26.2 Å². The normalized spacial score (nSPS) is 26.9. The van der Waals surface area contributed by atoms with Crippen molar-refractivity contribution in [3.63, 3.8) is 0 Å². The zero-order chi connectivity index (χ0) is 23.1. The number of carbonyl (C=O) groups excluding carboxylic acids is 1. The van der Waals surface area contributed by atoms with Crippen molar-refractivity contribution in [3.05, 3.63) is 23.3 Å². The molecule has 4 fully saturated rings. The first-order valence-corrected chi connectivity index (χ1v) is 14.4. The van der Waals surface area contributed by atoms with Crippen molar-refractivity contribution in [3.8, 4) is 11.5 Å². The Morgan fingerprint density at radius 1 is 1.03 bits per heavy atom. The average molecular weight is 447 g/mol. The molecule has 6 heteroatoms. The van der Waals surface area contributed by atoms with Crippen LogP contribution in [-0.2, 0) is 4.79 Å². The lowest BCUT2D eigenvalue weighted by Gasteiger charge is -2.48. The Labute approximate surface area is 187 Å². The van der Waals surface area contributed by atoms with E-state index in [1.165, 1.54) is 32.1 Å². The van der Waals surface area contributed by atoms with Crippen LogP contribution in [-0.4, -0.2) is 32.3 Å². The van der Waals surface area contributed by atoms with Gasteiger partial charge in [0.25, 0.3) is 8.32 Å². The summed E-state index contributed by atoms with van der Waals surface area (Å²) >= 11 is 0. The Morgan fingerprint density at radius 2 is 1.55 bits per heavy atom. The van der Waals surface area contributed by atoms with Gasteiger partial charge in [-0.1, -0.05) is 20.8 Å². The van der Waals surface area contributed by atoms with Gasteiger partial charge in [0, 0.05) is 17.4 Å². The molecule has 0 saturated heterocycles. The fourth-order valence-corrected chi connectivity index (χ4v) is 6.31. The summed E-state index contributed by atoms with van der Waals surface area (Å²) in [6.45, 7) is 12.4. The predicted molar refractivity (Wildman–Crippen MR) is 125 cm³/mol. The highest BCUT2D eigenvalue weighted by atomic mass is 28.4. The molecule has 4 aliphatic rings. The van der Waals surface area contributed by atoms with E-state index in [1.807, 2.05) is 0 Å². The third-order valence-corrected chi connectivity index (χ3v) is 12.3. The number of aromatic carboxylic acids is 1. The molecular formula is C25H38O5Si. The molecule has 172 valence electrons. The lowest BCUT2D eigenvalue weighted by Crippen LogP contribution is -2.45. The highest BCUT2D eigenvalue weighted by Crippen LogP contribution is 2.51. The van der Waals surface area contributed by atoms with Crippen LogP contribution in [0, 0.1) is 30.6 Å². The predicted octanol–water partition coefficient (Wildman–Crippen LogP) is 6.10. The molecule has 4 aliphatic carbocycles. The maximum Gasteiger partial charge on any atom is 0.336 e. The van der Waals surface area contributed by atoms with Crippen molar-refractivity contribution >= 4 is 20.1 Å². The molecule has 0 aromatic heterocycles. The van der Waals surface area contributed by atoms with Gasteiger partial charge >= 0.3 is 5.97 Å². The minimum Gasteiger partial charge on any atom is -0.541 e. The van der Waals surface area contributed by atoms with Gasteiger partial charge in [-0.25, -0.2) is 4.79 Å². The number of benzene rings is 1. The summed E-state index contributed by atoms with van der Waals surface area (Å²) in [6, 6.07) is 3.20. The van der Waals surface area contributed by atoms with Crippen LogP contribution < -0.4 is 9.16 Å². The van der Waals surface area contributed by atoms with Crippen LogP contribution in [0.3, 0.4) is 0 Å². The number of ether oxygens (including phenoxy) is 1. The van der Waals surface area contributed by atoms with Gasteiger partial charge in [-0.05, 0) is 81.1 Å². The molecule has 31 heavy (non-hydrogen) atoms. The monoisotopic (exact) mass is 446 g/mol. The average Bonchev–Trinajstić information content (AvgIpc) is 2.66. The first kappa shape index (κ1) is 23.8. The first-order valence-electron chi connectivity index (χ1n) is 11.5. The van der Waals surface area contributed by atoms with Crippen molar-refractivity contribution in [2.24, 2.45) is 23.7 Å². The number of hydrogen-bond acceptors (Lipinski definition) is 4. The highest BCUT2D eigenvalue weighted by Gasteiger charge is 2.47. The maximum absolute atomic E-state index is 11.6. The van der Waals surface area contributed by atoms with Crippen molar-refractivity contribution in [1.29, 1.82) is 0 Å². The van der Waals surface area contributed by atoms with Gasteiger partial charge in [-0.3, -0.25) is 4.79 Å². The molecule has 1 aromatic carbocycles. The van der Waals surface area contributed by atoms with E-state index < -0.39 is 14.3 Å². The van der Waals surface area contributed by atoms with Crippen molar-refractivity contribution in [2.75, 3.05) is 7.11 Å². The standard InChI is InChI=1S/C15H24O4Si.C10H14O/c1-10-11(14(16)17)8-9-12(18-5)13(10)19-20(6,7)15(2,3)4;11-10-8-2-6-1-7(4-8)5-9(10)3-6/h8-9H,1-7H3,(H,16,17);6-9H,1-5H2. The Kier molecular flexibility index (Phi) is 6.62. The number of rotatable bonds is 4. The van der Waals surface area contributed by atoms with Gasteiger partial charge in [-0.15, -0.1) is 0 Å². The Morgan fingerprint density at radius 3 is 1.97 bits per heavy atom. The van der Waals surface area contributed by atoms with Crippen molar-refractivity contribution in [1.82, 2.24) is 0 Å². The van der Waals surface area contributed by atoms with Crippen LogP contribution in [0.25, 0.3) is 0 Å². The molecule has 4 bridgehead atoms. The number of methoxy groups -OCH3 is 1. The molecule has 0 radical (unpaired) electrons. The van der Waals surface area contributed by atoms with Gasteiger partial charge in [0.05, 0.1) is 12.7 Å². The number of hydrogen-bond donors (Lipinski definition) is 1. The van der Waals surface area contributed by atoms with E-state index in [0.29, 0.717) is 34.7 Å². The van der Waals surface area contributed by atoms with Gasteiger partial charge < -0.3 is 14.3 Å². The molecule has 0 aliphatic heterocycles. The zero-order valence-electron chi connectivity index (χ0n) is 20.1. The van der Waals surface area contributed by atoms with Crippen LogP contribution in [0.2, 0.25) is 18.1 Å². The van der Waals surface area contributed by atoms with Crippen LogP contribution in [0.15, 0.2) is 12.1 Å². The van der Waals surface area contributed by atoms with Crippen LogP contribution in [0.4, 0.5) is 0 Å². The number of carboxylic acid groups (broad SMARTS) is 1. The second-order valence-electron chi connectivity index (χ2n) is 11.1. The van der Waals surface area contributed by atoms with Crippen molar-refractivity contribution in [2.45, 2.75) is 77.9 Å². The minimum absolute atomic E-state index is 0.0314. The molecule has 0 spiro atoms. The number of ketones is 1. The summed E-state index contributed by atoms with van der Waals surface area (Å²) in [5.74, 6) is 3.70. The van der Waals surface area contributed by atoms with E-state index in [2.05, 4.69) is 33.9 Å². The Bertz CT molecular complexity index is 822. The molecule has 5 nitrogen and oxygen atoms in total. The summed E-state index contributed by atoms with van der Waals surface area (Å²) in [6.07, 6.45) is 6.41. The fourth-order valence-electron chi connectivity index (χ4n) is 5.24. The van der Waals surface area contributed by atoms with Crippen LogP contribution >= 0.6 is 0 Å². The third kappa shape index (κ3) is 4.84. The number of Topliss-reactive ketones (excluding diaryl/α,β-unsaturated/α-hetero) is 1. The zero-order valence-corrected chi connectivity index (χ0v) is 21.1. The molecule has 0 atom stereocenters. The molecule has 1 aromatic rings. The van der Waals surface area contributed by atoms with Gasteiger partial charge in [0.15, 0.2) is 5.75 Å². The number of carboxylic acids is 1. The molecule has 5 rings (SSSR count). The molecular weight excluding hydrogens is 408 g/mol. The smallest absolute Gasteiger partial charge is 0.336 e. The van der Waals surface area contributed by atoms with Gasteiger partial charge in [-0.2, -0.15) is 0 Å². The number of carbonyl (C=O) groups is 2. The molecule has 4 saturated carbocycles.